The van der Waals surface area contributed by atoms with Gasteiger partial charge in [-0.2, -0.15) is 0 Å². The van der Waals surface area contributed by atoms with Crippen LogP contribution in [0.5, 0.6) is 0 Å². The van der Waals surface area contributed by atoms with E-state index in [4.69, 9.17) is 23.2 Å². The van der Waals surface area contributed by atoms with E-state index in [0.717, 1.165) is 0 Å². The van der Waals surface area contributed by atoms with E-state index in [0.29, 0.717) is 22.0 Å². The summed E-state index contributed by atoms with van der Waals surface area (Å²) in [5.41, 5.74) is 0.699. The predicted molar refractivity (Wildman–Crippen MR) is 59.5 cm³/mol. The van der Waals surface area contributed by atoms with E-state index < -0.39 is 6.10 Å². The minimum atomic E-state index is -0.626. The summed E-state index contributed by atoms with van der Waals surface area (Å²) in [5.74, 6) is 5.52. The molecule has 0 radical (unpaired) electrons. The number of aliphatic hydroxyl groups excluding tert-OH is 1. The Morgan fingerprint density at radius 2 is 1.86 bits per heavy atom. The SMILES string of the molecule is CC#CCC(O)c1cc(Cl)cc(Cl)c1. The molecule has 1 atom stereocenters. The Morgan fingerprint density at radius 1 is 1.29 bits per heavy atom. The number of halogens is 2. The molecule has 0 saturated carbocycles. The summed E-state index contributed by atoms with van der Waals surface area (Å²) in [5, 5.41) is 10.7. The maximum atomic E-state index is 9.68. The molecule has 1 unspecified atom stereocenters. The highest BCUT2D eigenvalue weighted by Crippen LogP contribution is 2.24. The van der Waals surface area contributed by atoms with Crippen LogP contribution >= 0.6 is 23.2 Å². The lowest BCUT2D eigenvalue weighted by atomic mass is 10.1. The summed E-state index contributed by atoms with van der Waals surface area (Å²) in [6, 6.07) is 5.01. The fraction of sp³-hybridized carbons (Fsp3) is 0.273. The van der Waals surface area contributed by atoms with Gasteiger partial charge in [-0.1, -0.05) is 23.2 Å². The van der Waals surface area contributed by atoms with Gasteiger partial charge in [0.1, 0.15) is 0 Å². The second-order valence-electron chi connectivity index (χ2n) is 2.85. The van der Waals surface area contributed by atoms with Crippen LogP contribution < -0.4 is 0 Å². The zero-order valence-corrected chi connectivity index (χ0v) is 9.23. The van der Waals surface area contributed by atoms with Gasteiger partial charge in [-0.15, -0.1) is 11.8 Å². The minimum Gasteiger partial charge on any atom is -0.387 e. The van der Waals surface area contributed by atoms with Crippen molar-refractivity contribution in [2.75, 3.05) is 0 Å². The first-order valence-electron chi connectivity index (χ1n) is 4.17. The third-order valence-corrected chi connectivity index (χ3v) is 2.18. The van der Waals surface area contributed by atoms with Crippen LogP contribution in [0.2, 0.25) is 10.0 Å². The van der Waals surface area contributed by atoms with Gasteiger partial charge in [-0.05, 0) is 30.7 Å². The van der Waals surface area contributed by atoms with Crippen LogP contribution in [0.3, 0.4) is 0 Å². The van der Waals surface area contributed by atoms with Crippen LogP contribution in [0.1, 0.15) is 25.0 Å². The number of hydrogen-bond donors (Lipinski definition) is 1. The van der Waals surface area contributed by atoms with Gasteiger partial charge < -0.3 is 5.11 Å². The van der Waals surface area contributed by atoms with E-state index in [-0.39, 0.29) is 0 Å². The van der Waals surface area contributed by atoms with E-state index in [9.17, 15) is 5.11 Å². The highest BCUT2D eigenvalue weighted by Gasteiger charge is 2.07. The van der Waals surface area contributed by atoms with E-state index in [2.05, 4.69) is 11.8 Å². The van der Waals surface area contributed by atoms with Gasteiger partial charge in [-0.3, -0.25) is 0 Å². The van der Waals surface area contributed by atoms with Crippen LogP contribution in [-0.4, -0.2) is 5.11 Å². The molecular weight excluding hydrogens is 219 g/mol. The Morgan fingerprint density at radius 3 is 2.36 bits per heavy atom. The number of aliphatic hydroxyl groups is 1. The monoisotopic (exact) mass is 228 g/mol. The molecule has 74 valence electrons. The molecule has 1 aromatic rings. The fourth-order valence-corrected chi connectivity index (χ4v) is 1.63. The topological polar surface area (TPSA) is 20.2 Å². The smallest absolute Gasteiger partial charge is 0.0900 e. The minimum absolute atomic E-state index is 0.396. The summed E-state index contributed by atoms with van der Waals surface area (Å²) in [4.78, 5) is 0. The molecule has 1 rings (SSSR count). The Bertz CT molecular complexity index is 356. The summed E-state index contributed by atoms with van der Waals surface area (Å²) in [6.45, 7) is 1.73. The molecule has 0 aliphatic rings. The molecular formula is C11H10Cl2O. The molecule has 1 N–H and O–H groups in total. The molecule has 3 heteroatoms. The van der Waals surface area contributed by atoms with E-state index in [1.807, 2.05) is 0 Å². The van der Waals surface area contributed by atoms with Crippen molar-refractivity contribution in [3.8, 4) is 11.8 Å². The first-order valence-corrected chi connectivity index (χ1v) is 4.92. The molecule has 0 fully saturated rings. The van der Waals surface area contributed by atoms with Crippen molar-refractivity contribution in [3.05, 3.63) is 33.8 Å². The Balaban J connectivity index is 2.87. The first kappa shape index (κ1) is 11.4. The van der Waals surface area contributed by atoms with Crippen molar-refractivity contribution < 1.29 is 5.11 Å². The molecule has 0 saturated heterocycles. The van der Waals surface area contributed by atoms with Gasteiger partial charge in [0.25, 0.3) is 0 Å². The fourth-order valence-electron chi connectivity index (χ4n) is 1.08. The van der Waals surface area contributed by atoms with Gasteiger partial charge in [-0.25, -0.2) is 0 Å². The summed E-state index contributed by atoms with van der Waals surface area (Å²) in [6.07, 6.45) is -0.230. The number of rotatable bonds is 2. The molecule has 0 spiro atoms. The van der Waals surface area contributed by atoms with Crippen molar-refractivity contribution in [2.24, 2.45) is 0 Å². The van der Waals surface area contributed by atoms with E-state index in [1.165, 1.54) is 0 Å². The number of benzene rings is 1. The van der Waals surface area contributed by atoms with Crippen LogP contribution in [0.15, 0.2) is 18.2 Å². The van der Waals surface area contributed by atoms with Gasteiger partial charge in [0, 0.05) is 16.5 Å². The maximum absolute atomic E-state index is 9.68. The third-order valence-electron chi connectivity index (χ3n) is 1.74. The number of hydrogen-bond acceptors (Lipinski definition) is 1. The average Bonchev–Trinajstić information content (AvgIpc) is 2.12. The summed E-state index contributed by atoms with van der Waals surface area (Å²) in [7, 11) is 0. The molecule has 0 aliphatic carbocycles. The zero-order valence-electron chi connectivity index (χ0n) is 7.72. The normalized spacial score (nSPS) is 11.7. The van der Waals surface area contributed by atoms with Crippen molar-refractivity contribution in [1.82, 2.24) is 0 Å². The van der Waals surface area contributed by atoms with Crippen LogP contribution in [0.4, 0.5) is 0 Å². The lowest BCUT2D eigenvalue weighted by Gasteiger charge is -2.08. The maximum Gasteiger partial charge on any atom is 0.0900 e. The molecule has 14 heavy (non-hydrogen) atoms. The first-order chi connectivity index (χ1) is 6.63. The van der Waals surface area contributed by atoms with Crippen molar-refractivity contribution >= 4 is 23.2 Å². The second-order valence-corrected chi connectivity index (χ2v) is 3.72. The Labute approximate surface area is 93.7 Å². The van der Waals surface area contributed by atoms with Crippen LogP contribution in [0.25, 0.3) is 0 Å². The molecule has 0 bridgehead atoms. The van der Waals surface area contributed by atoms with Crippen LogP contribution in [-0.2, 0) is 0 Å². The summed E-state index contributed by atoms with van der Waals surface area (Å²) < 4.78 is 0. The Hall–Kier alpha value is -0.680. The molecule has 0 amide bonds. The third kappa shape index (κ3) is 3.23. The molecule has 0 aliphatic heterocycles. The van der Waals surface area contributed by atoms with Crippen molar-refractivity contribution in [2.45, 2.75) is 19.4 Å². The standard InChI is InChI=1S/C11H10Cl2O/c1-2-3-4-11(14)8-5-9(12)7-10(13)6-8/h5-7,11,14H,4H2,1H3. The molecule has 1 nitrogen and oxygen atoms in total. The highest BCUT2D eigenvalue weighted by atomic mass is 35.5. The molecule has 0 heterocycles. The van der Waals surface area contributed by atoms with Crippen molar-refractivity contribution in [3.63, 3.8) is 0 Å². The quantitative estimate of drug-likeness (QED) is 0.770. The van der Waals surface area contributed by atoms with Gasteiger partial charge >= 0.3 is 0 Å². The second kappa shape index (κ2) is 5.26. The molecule has 0 aromatic heterocycles. The highest BCUT2D eigenvalue weighted by molar-refractivity contribution is 6.34. The molecule has 1 aromatic carbocycles. The van der Waals surface area contributed by atoms with Gasteiger partial charge in [0.05, 0.1) is 6.10 Å². The van der Waals surface area contributed by atoms with Crippen LogP contribution in [0, 0.1) is 11.8 Å². The Kier molecular flexibility index (Phi) is 4.28. The van der Waals surface area contributed by atoms with Gasteiger partial charge in [0.15, 0.2) is 0 Å². The largest absolute Gasteiger partial charge is 0.387 e. The average molecular weight is 229 g/mol. The lowest BCUT2D eigenvalue weighted by Crippen LogP contribution is -1.95. The predicted octanol–water partition coefficient (Wildman–Crippen LogP) is 3.44. The zero-order chi connectivity index (χ0) is 10.6. The van der Waals surface area contributed by atoms with E-state index in [1.54, 1.807) is 25.1 Å². The van der Waals surface area contributed by atoms with E-state index >= 15 is 0 Å². The lowest BCUT2D eigenvalue weighted by molar-refractivity contribution is 0.184. The summed E-state index contributed by atoms with van der Waals surface area (Å²) >= 11 is 11.6. The van der Waals surface area contributed by atoms with Gasteiger partial charge in [0.2, 0.25) is 0 Å². The van der Waals surface area contributed by atoms with Crippen molar-refractivity contribution in [1.29, 1.82) is 0 Å².